The first-order valence-corrected chi connectivity index (χ1v) is 37.2. The van der Waals surface area contributed by atoms with E-state index in [0.717, 1.165) is 121 Å². The summed E-state index contributed by atoms with van der Waals surface area (Å²) in [6.07, 6.45) is 12.3. The van der Waals surface area contributed by atoms with Crippen LogP contribution in [0.2, 0.25) is 15.1 Å². The van der Waals surface area contributed by atoms with E-state index in [1.807, 2.05) is 115 Å². The van der Waals surface area contributed by atoms with Crippen LogP contribution in [0.3, 0.4) is 0 Å². The number of benzene rings is 7. The Labute approximate surface area is 635 Å². The molecular formula is C87H89Cl3N10O6. The number of nitrogen functional groups attached to an aromatic ring is 3. The zero-order valence-corrected chi connectivity index (χ0v) is 62.9. The normalized spacial score (nSPS) is 12.4. The average molecular weight is 1480 g/mol. The summed E-state index contributed by atoms with van der Waals surface area (Å²) in [4.78, 5) is 61.6. The van der Waals surface area contributed by atoms with Crippen molar-refractivity contribution in [1.29, 1.82) is 0 Å². The third kappa shape index (κ3) is 19.5. The van der Waals surface area contributed by atoms with Crippen molar-refractivity contribution < 1.29 is 29.7 Å². The fraction of sp³-hybridized carbons (Fsp3) is 0.287. The van der Waals surface area contributed by atoms with E-state index in [1.165, 1.54) is 0 Å². The molecule has 1 aliphatic carbocycles. The minimum atomic E-state index is -0.529. The molecule has 11 aromatic rings. The Morgan fingerprint density at radius 2 is 0.830 bits per heavy atom. The fourth-order valence-corrected chi connectivity index (χ4v) is 13.7. The van der Waals surface area contributed by atoms with Gasteiger partial charge >= 0.3 is 0 Å². The summed E-state index contributed by atoms with van der Waals surface area (Å²) >= 11 is 18.6. The number of hydrogen-bond donors (Lipinski definition) is 7. The summed E-state index contributed by atoms with van der Waals surface area (Å²) in [5.74, 6) is 20.3. The van der Waals surface area contributed by atoms with Gasteiger partial charge in [0.15, 0.2) is 17.3 Å². The highest BCUT2D eigenvalue weighted by molar-refractivity contribution is 6.32. The SMILES string of the molecule is CCN(CC)CC(O)CCC(=O)c1ccc(C#Cc2c(N)ncc3ccc(Cl)cc23)c2[nH]ccc12.CCN(CC)CC(O)CCC(=O)c1ccc(C#Cc2c(N)ncc3ccc(Cl)cc23)c2c1CC=C2.CCN(CC)CC(O)CCC(=O)c1ccc(C#Cc2c(N)ncc3ccc(Cl)cc23)c2ccccc12. The quantitative estimate of drug-likeness (QED) is 0.0219. The third-order valence-corrected chi connectivity index (χ3v) is 20.0. The van der Waals surface area contributed by atoms with E-state index in [-0.39, 0.29) is 30.2 Å². The summed E-state index contributed by atoms with van der Waals surface area (Å²) < 4.78 is 0. The van der Waals surface area contributed by atoms with E-state index in [0.29, 0.717) is 118 Å². The first kappa shape index (κ1) is 78.6. The van der Waals surface area contributed by atoms with Gasteiger partial charge in [-0.1, -0.05) is 166 Å². The summed E-state index contributed by atoms with van der Waals surface area (Å²) in [5.41, 5.74) is 27.4. The molecule has 544 valence electrons. The number of rotatable bonds is 24. The first-order chi connectivity index (χ1) is 51.2. The highest BCUT2D eigenvalue weighted by atomic mass is 35.5. The van der Waals surface area contributed by atoms with Crippen molar-refractivity contribution in [3.8, 4) is 35.5 Å². The Balaban J connectivity index is 0.000000170. The molecule has 4 aromatic heterocycles. The Hall–Kier alpha value is -9.97. The van der Waals surface area contributed by atoms with Gasteiger partial charge in [0.2, 0.25) is 0 Å². The Morgan fingerprint density at radius 1 is 0.453 bits per heavy atom. The van der Waals surface area contributed by atoms with Gasteiger partial charge in [-0.05, 0) is 166 Å². The maximum atomic E-state index is 13.1. The number of aliphatic hydroxyl groups is 3. The second-order valence-corrected chi connectivity index (χ2v) is 27.4. The lowest BCUT2D eigenvalue weighted by Crippen LogP contribution is -2.32. The van der Waals surface area contributed by atoms with Crippen LogP contribution in [0, 0.1) is 35.5 Å². The lowest BCUT2D eigenvalue weighted by Gasteiger charge is -2.21. The van der Waals surface area contributed by atoms with Gasteiger partial charge in [-0.3, -0.25) is 14.4 Å². The second-order valence-electron chi connectivity index (χ2n) is 26.1. The van der Waals surface area contributed by atoms with Crippen molar-refractivity contribution in [3.63, 3.8) is 0 Å². The number of H-pyrrole nitrogens is 1. The van der Waals surface area contributed by atoms with Crippen LogP contribution < -0.4 is 17.2 Å². The van der Waals surface area contributed by atoms with Crippen molar-refractivity contribution in [1.82, 2.24) is 34.6 Å². The number of anilines is 3. The fourth-order valence-electron chi connectivity index (χ4n) is 13.2. The number of aromatic amines is 1. The molecule has 106 heavy (non-hydrogen) atoms. The van der Waals surface area contributed by atoms with Gasteiger partial charge in [0, 0.05) is 150 Å². The number of fused-ring (bicyclic) bond motifs is 6. The van der Waals surface area contributed by atoms with Gasteiger partial charge in [-0.15, -0.1) is 0 Å². The Kier molecular flexibility index (Phi) is 27.7. The number of allylic oxidation sites excluding steroid dienone is 1. The van der Waals surface area contributed by atoms with Gasteiger partial charge in [0.05, 0.1) is 40.5 Å². The van der Waals surface area contributed by atoms with Crippen LogP contribution in [0.4, 0.5) is 17.5 Å². The molecule has 0 fully saturated rings. The van der Waals surface area contributed by atoms with Crippen molar-refractivity contribution in [3.05, 3.63) is 228 Å². The van der Waals surface area contributed by atoms with Gasteiger partial charge < -0.3 is 52.2 Å². The summed E-state index contributed by atoms with van der Waals surface area (Å²) in [6.45, 7) is 19.4. The summed E-state index contributed by atoms with van der Waals surface area (Å²) in [7, 11) is 0. The average Bonchev–Trinajstić information content (AvgIpc) is 1.11. The summed E-state index contributed by atoms with van der Waals surface area (Å²) in [5, 5.41) is 40.8. The molecular weight excluding hydrogens is 1390 g/mol. The van der Waals surface area contributed by atoms with Crippen molar-refractivity contribution in [2.45, 2.75) is 105 Å². The maximum absolute atomic E-state index is 13.1. The molecule has 10 N–H and O–H groups in total. The molecule has 0 aliphatic heterocycles. The molecule has 16 nitrogen and oxygen atoms in total. The minimum absolute atomic E-state index is 0.00449. The minimum Gasteiger partial charge on any atom is -0.392 e. The lowest BCUT2D eigenvalue weighted by molar-refractivity contribution is 0.0874. The largest absolute Gasteiger partial charge is 0.392 e. The van der Waals surface area contributed by atoms with Gasteiger partial charge in [0.25, 0.3) is 0 Å². The number of halogens is 3. The molecule has 3 unspecified atom stereocenters. The third-order valence-electron chi connectivity index (χ3n) is 19.3. The molecule has 0 radical (unpaired) electrons. The number of nitrogens with zero attached hydrogens (tertiary/aromatic N) is 6. The number of nitrogens with one attached hydrogen (secondary N) is 1. The van der Waals surface area contributed by atoms with Gasteiger partial charge in [-0.25, -0.2) is 15.0 Å². The monoisotopic (exact) mass is 1470 g/mol. The molecule has 0 spiro atoms. The van der Waals surface area contributed by atoms with Crippen LogP contribution in [0.25, 0.3) is 60.1 Å². The first-order valence-electron chi connectivity index (χ1n) is 36.0. The molecule has 4 heterocycles. The number of likely N-dealkylation sites (N-methyl/N-ethyl adjacent to an activating group) is 3. The molecule has 0 saturated carbocycles. The predicted octanol–water partition coefficient (Wildman–Crippen LogP) is 15.8. The molecule has 7 aromatic carbocycles. The molecule has 0 saturated heterocycles. The summed E-state index contributed by atoms with van der Waals surface area (Å²) in [6, 6.07) is 37.4. The van der Waals surface area contributed by atoms with Crippen LogP contribution in [-0.2, 0) is 6.42 Å². The highest BCUT2D eigenvalue weighted by Crippen LogP contribution is 2.33. The number of aliphatic hydroxyl groups excluding tert-OH is 3. The molecule has 3 atom stereocenters. The van der Waals surface area contributed by atoms with Crippen LogP contribution in [0.1, 0.15) is 156 Å². The molecule has 1 aliphatic rings. The highest BCUT2D eigenvalue weighted by Gasteiger charge is 2.23. The molecule has 0 amide bonds. The van der Waals surface area contributed by atoms with E-state index >= 15 is 0 Å². The smallest absolute Gasteiger partial charge is 0.163 e. The topological polar surface area (TPSA) is 254 Å². The number of Topliss-reactive ketones (excluding diaryl/α,β-unsaturated/α-hetero) is 3. The molecule has 12 rings (SSSR count). The van der Waals surface area contributed by atoms with Crippen molar-refractivity contribution in [2.75, 3.05) is 76.1 Å². The van der Waals surface area contributed by atoms with E-state index in [9.17, 15) is 29.7 Å². The lowest BCUT2D eigenvalue weighted by atomic mass is 9.93. The van der Waals surface area contributed by atoms with Gasteiger partial charge in [0.1, 0.15) is 17.5 Å². The van der Waals surface area contributed by atoms with Crippen LogP contribution in [0.5, 0.6) is 0 Å². The van der Waals surface area contributed by atoms with Crippen LogP contribution >= 0.6 is 34.8 Å². The Bertz CT molecular complexity index is 5270. The molecule has 0 bridgehead atoms. The number of ketones is 3. The zero-order chi connectivity index (χ0) is 75.6. The van der Waals surface area contributed by atoms with Gasteiger partial charge in [-0.2, -0.15) is 0 Å². The molecule has 19 heteroatoms. The number of carbonyl (C=O) groups is 3. The number of hydrogen-bond acceptors (Lipinski definition) is 15. The van der Waals surface area contributed by atoms with E-state index in [1.54, 1.807) is 36.9 Å². The van der Waals surface area contributed by atoms with E-state index < -0.39 is 18.3 Å². The van der Waals surface area contributed by atoms with E-state index in [4.69, 9.17) is 52.0 Å². The number of carbonyl (C=O) groups excluding carboxylic acids is 3. The van der Waals surface area contributed by atoms with E-state index in [2.05, 4.69) is 118 Å². The van der Waals surface area contributed by atoms with Crippen molar-refractivity contribution in [2.24, 2.45) is 0 Å². The predicted molar refractivity (Wildman–Crippen MR) is 435 cm³/mol. The zero-order valence-electron chi connectivity index (χ0n) is 60.7. The Morgan fingerprint density at radius 3 is 1.27 bits per heavy atom. The number of aromatic nitrogens is 4. The number of nitrogens with two attached hydrogens (primary N) is 3. The van der Waals surface area contributed by atoms with Crippen molar-refractivity contribution >= 4 is 130 Å². The second kappa shape index (κ2) is 37.3. The maximum Gasteiger partial charge on any atom is 0.163 e. The number of pyridine rings is 3. The standard InChI is InChI=1S/C30H30ClN3O2.C29H30ClN3O2.C28H29ClN4O2/c1-3-34(4-2)19-23(35)13-16-29(36)26-14-10-20(24-7-5-6-8-25(24)26)11-15-27-28-17-22(31)12-9-21(28)18-33-30(27)32;1-3-33(4-2)18-22(34)12-15-28(35)25-13-9-19(23-6-5-7-24(23)25)10-14-26-27-16-21(30)11-8-20(27)17-32-29(26)31;1-3-33(4-2)17-21(34)9-12-26(35)22-10-6-18(27-23(22)13-14-31-27)7-11-24-25-15-20(29)8-5-19(25)16-32-28(24)30/h5-10,12,14,17-18,23,35H,3-4,13,16,19H2,1-2H3,(H2,32,33);5-6,8-9,11,13,16-17,22,34H,3-4,7,12,15,18H2,1-2H3,(H2,31,32);5-6,8,10,13-16,21,31,34H,3-4,9,12,17H2,1-2H3,(H2,30,32). The van der Waals surface area contributed by atoms with Crippen LogP contribution in [0.15, 0.2) is 152 Å². The van der Waals surface area contributed by atoms with Crippen LogP contribution in [-0.4, -0.2) is 145 Å².